The molecule has 8 rings (SSSR count). The Morgan fingerprint density at radius 1 is 1.14 bits per heavy atom. The Morgan fingerprint density at radius 3 is 2.76 bits per heavy atom. The van der Waals surface area contributed by atoms with Crippen molar-refractivity contribution in [3.63, 3.8) is 0 Å². The molecule has 0 bridgehead atoms. The first-order valence-electron chi connectivity index (χ1n) is 14.4. The van der Waals surface area contributed by atoms with Crippen LogP contribution in [-0.2, 0) is 24.3 Å². The van der Waals surface area contributed by atoms with E-state index in [-0.39, 0.29) is 18.0 Å². The topological polar surface area (TPSA) is 95.4 Å². The largest absolute Gasteiger partial charge is 0.370 e. The number of imidazole rings is 1. The third kappa shape index (κ3) is 4.13. The van der Waals surface area contributed by atoms with Gasteiger partial charge >= 0.3 is 0 Å². The zero-order chi connectivity index (χ0) is 28.4. The Kier molecular flexibility index (Phi) is 5.94. The Hall–Kier alpha value is -4.09. The van der Waals surface area contributed by atoms with Gasteiger partial charge in [0.15, 0.2) is 11.2 Å². The first-order chi connectivity index (χ1) is 20.5. The van der Waals surface area contributed by atoms with Gasteiger partial charge < -0.3 is 19.7 Å². The van der Waals surface area contributed by atoms with E-state index in [0.29, 0.717) is 27.4 Å². The van der Waals surface area contributed by atoms with Gasteiger partial charge in [0.05, 0.1) is 18.6 Å². The fourth-order valence-corrected chi connectivity index (χ4v) is 7.57. The van der Waals surface area contributed by atoms with Gasteiger partial charge in [-0.1, -0.05) is 12.1 Å². The van der Waals surface area contributed by atoms with Gasteiger partial charge in [0, 0.05) is 65.7 Å². The number of nitrogens with zero attached hydrogens (tertiary/aromatic N) is 5. The average molecular weight is 584 g/mol. The fraction of sp³-hybridized carbons (Fsp3) is 0.355. The summed E-state index contributed by atoms with van der Waals surface area (Å²) in [5.74, 6) is -1.23. The molecule has 214 valence electrons. The highest BCUT2D eigenvalue weighted by Gasteiger charge is 2.45. The Labute approximate surface area is 246 Å². The summed E-state index contributed by atoms with van der Waals surface area (Å²) in [4.78, 5) is 40.2. The van der Waals surface area contributed by atoms with Gasteiger partial charge in [0.2, 0.25) is 0 Å². The van der Waals surface area contributed by atoms with Gasteiger partial charge in [0.1, 0.15) is 5.82 Å². The molecule has 0 radical (unpaired) electrons. The molecule has 11 heteroatoms. The van der Waals surface area contributed by atoms with E-state index in [1.165, 1.54) is 28.7 Å². The summed E-state index contributed by atoms with van der Waals surface area (Å²) < 4.78 is 17.7. The highest BCUT2D eigenvalue weighted by molar-refractivity contribution is 7.13. The van der Waals surface area contributed by atoms with Crippen molar-refractivity contribution in [1.29, 1.82) is 0 Å². The van der Waals surface area contributed by atoms with Crippen LogP contribution in [0.15, 0.2) is 54.3 Å². The van der Waals surface area contributed by atoms with Crippen LogP contribution in [0.25, 0.3) is 11.1 Å². The number of nitrogens with one attached hydrogen (secondary N) is 2. The molecule has 0 saturated carbocycles. The normalized spacial score (nSPS) is 19.2. The van der Waals surface area contributed by atoms with Crippen molar-refractivity contribution < 1.29 is 14.0 Å². The van der Waals surface area contributed by atoms with Crippen LogP contribution in [0, 0.1) is 11.2 Å². The van der Waals surface area contributed by atoms with Crippen LogP contribution >= 0.6 is 11.3 Å². The van der Waals surface area contributed by atoms with Crippen LogP contribution in [-0.4, -0.2) is 57.4 Å². The zero-order valence-electron chi connectivity index (χ0n) is 23.0. The van der Waals surface area contributed by atoms with E-state index in [2.05, 4.69) is 37.6 Å². The van der Waals surface area contributed by atoms with Gasteiger partial charge in [-0.25, -0.2) is 14.4 Å². The molecule has 2 amide bonds. The molecule has 2 N–H and O–H groups in total. The van der Waals surface area contributed by atoms with Crippen molar-refractivity contribution in [1.82, 2.24) is 24.8 Å². The number of hydrogen-bond donors (Lipinski definition) is 2. The lowest BCUT2D eigenvalue weighted by atomic mass is 9.79. The maximum Gasteiger partial charge on any atom is 0.255 e. The first kappa shape index (κ1) is 25.6. The number of carbonyl (C=O) groups excluding carboxylic acids is 2. The molecule has 2 saturated heterocycles. The van der Waals surface area contributed by atoms with Crippen LogP contribution in [0.1, 0.15) is 46.2 Å². The quantitative estimate of drug-likeness (QED) is 0.353. The van der Waals surface area contributed by atoms with E-state index >= 15 is 4.39 Å². The molecule has 2 fully saturated rings. The van der Waals surface area contributed by atoms with Crippen LogP contribution in [0.2, 0.25) is 0 Å². The minimum absolute atomic E-state index is 0.00690. The van der Waals surface area contributed by atoms with Crippen molar-refractivity contribution in [2.45, 2.75) is 38.4 Å². The second kappa shape index (κ2) is 9.74. The van der Waals surface area contributed by atoms with Crippen LogP contribution in [0.5, 0.6) is 0 Å². The van der Waals surface area contributed by atoms with E-state index < -0.39 is 17.8 Å². The highest BCUT2D eigenvalue weighted by Crippen LogP contribution is 2.41. The summed E-state index contributed by atoms with van der Waals surface area (Å²) in [6, 6.07) is 10.4. The minimum atomic E-state index is -1.000. The summed E-state index contributed by atoms with van der Waals surface area (Å²) in [5, 5.41) is 8.52. The number of anilines is 2. The van der Waals surface area contributed by atoms with Crippen molar-refractivity contribution in [2.24, 2.45) is 5.41 Å². The number of thiazole rings is 1. The van der Waals surface area contributed by atoms with E-state index in [1.54, 1.807) is 24.0 Å². The summed E-state index contributed by atoms with van der Waals surface area (Å²) in [7, 11) is 0. The van der Waals surface area contributed by atoms with Gasteiger partial charge in [-0.05, 0) is 61.2 Å². The molecular weight excluding hydrogens is 553 g/mol. The summed E-state index contributed by atoms with van der Waals surface area (Å²) >= 11 is 1.30. The lowest BCUT2D eigenvalue weighted by molar-refractivity contribution is -0.121. The molecule has 6 heterocycles. The Bertz CT molecular complexity index is 1690. The predicted octanol–water partition coefficient (Wildman–Crippen LogP) is 4.23. The molecule has 9 nitrogen and oxygen atoms in total. The van der Waals surface area contributed by atoms with Crippen molar-refractivity contribution in [2.75, 3.05) is 36.4 Å². The van der Waals surface area contributed by atoms with Crippen molar-refractivity contribution >= 4 is 34.0 Å². The molecule has 4 aliphatic heterocycles. The number of hydrogen-bond acceptors (Lipinski definition) is 7. The molecule has 1 spiro atoms. The average Bonchev–Trinajstić information content (AvgIpc) is 3.80. The van der Waals surface area contributed by atoms with Gasteiger partial charge in [0.25, 0.3) is 11.8 Å². The van der Waals surface area contributed by atoms with E-state index in [0.717, 1.165) is 62.5 Å². The minimum Gasteiger partial charge on any atom is -0.370 e. The Morgan fingerprint density at radius 2 is 2.00 bits per heavy atom. The lowest BCUT2D eigenvalue weighted by Crippen LogP contribution is -2.57. The summed E-state index contributed by atoms with van der Waals surface area (Å²) in [6.45, 7) is 5.09. The van der Waals surface area contributed by atoms with Crippen LogP contribution in [0.4, 0.5) is 15.2 Å². The SMILES string of the molecule is O=C(Nc1nccs1)C(c1ncn2c1CCC2)N1Cc2c(F)cc(-c3ccc(N4CC5(CCNC5)C4)cc3)cc2C1=O. The molecule has 4 aliphatic rings. The number of rotatable bonds is 6. The number of benzene rings is 2. The van der Waals surface area contributed by atoms with Gasteiger partial charge in [-0.2, -0.15) is 0 Å². The van der Waals surface area contributed by atoms with E-state index in [9.17, 15) is 9.59 Å². The van der Waals surface area contributed by atoms with Crippen molar-refractivity contribution in [3.05, 3.63) is 82.6 Å². The molecule has 2 aromatic heterocycles. The summed E-state index contributed by atoms with van der Waals surface area (Å²) in [5.41, 5.74) is 5.11. The molecule has 4 aromatic rings. The van der Waals surface area contributed by atoms with Crippen LogP contribution in [0.3, 0.4) is 0 Å². The highest BCUT2D eigenvalue weighted by atomic mass is 32.1. The number of aromatic nitrogens is 3. The maximum atomic E-state index is 15.6. The van der Waals surface area contributed by atoms with Crippen LogP contribution < -0.4 is 15.5 Å². The summed E-state index contributed by atoms with van der Waals surface area (Å²) in [6.07, 6.45) is 6.28. The fourth-order valence-electron chi connectivity index (χ4n) is 7.04. The number of halogens is 1. The number of fused-ring (bicyclic) bond motifs is 2. The Balaban J connectivity index is 1.08. The maximum absolute atomic E-state index is 15.6. The van der Waals surface area contributed by atoms with E-state index in [1.807, 2.05) is 16.7 Å². The molecule has 0 aliphatic carbocycles. The molecule has 2 aromatic carbocycles. The van der Waals surface area contributed by atoms with Gasteiger partial charge in [-0.15, -0.1) is 11.3 Å². The first-order valence-corrected chi connectivity index (χ1v) is 15.3. The standard InChI is InChI=1S/C31H30FN7O2S/c32-24-13-20(19-3-5-21(6-4-19)38-16-31(17-38)7-8-33-15-31)12-22-23(24)14-39(29(22)41)27(28(40)36-30-34-9-11-42-30)26-25-2-1-10-37(25)18-35-26/h3-6,9,11-13,18,27,33H,1-2,7-8,10,14-17H2,(H,34,36,40). The van der Waals surface area contributed by atoms with Gasteiger partial charge in [-0.3, -0.25) is 14.9 Å². The second-order valence-corrected chi connectivity index (χ2v) is 12.7. The van der Waals surface area contributed by atoms with E-state index in [4.69, 9.17) is 0 Å². The molecule has 1 atom stereocenters. The second-order valence-electron chi connectivity index (χ2n) is 11.8. The number of carbonyl (C=O) groups is 2. The smallest absolute Gasteiger partial charge is 0.255 e. The molecule has 1 unspecified atom stereocenters. The third-order valence-electron chi connectivity index (χ3n) is 9.24. The molecule has 42 heavy (non-hydrogen) atoms. The number of amides is 2. The monoisotopic (exact) mass is 583 g/mol. The predicted molar refractivity (Wildman–Crippen MR) is 158 cm³/mol. The zero-order valence-corrected chi connectivity index (χ0v) is 23.8. The third-order valence-corrected chi connectivity index (χ3v) is 9.93. The number of aryl methyl sites for hydroxylation is 1. The lowest BCUT2D eigenvalue weighted by Gasteiger charge is -2.49. The van der Waals surface area contributed by atoms with Crippen molar-refractivity contribution in [3.8, 4) is 11.1 Å². The molecular formula is C31H30FN7O2S.